The quantitative estimate of drug-likeness (QED) is 0.313. The number of rotatable bonds is 9. The maximum atomic E-state index is 14.3. The second kappa shape index (κ2) is 18.7. The average Bonchev–Trinajstić information content (AvgIpc) is 3.39. The standard InChI is InChI=1S/C39H70N4O10S/c1-21(2)40-37-43(11)28-16-23(4)49-36(32(28)52-37)53-34-24(5)31(51-30-19-39(9,48-12)33(45)26(7)50-30)25(6)35(46)41-27(14-15-54-13)17-29(44)42(10)20-22(3)18-38(34,8)47/h21-28,30-34,36,45,47H,14-20H2,1-13H3,(H,41,46)/b40-37+/t22-,23-,24+,25-,26+,27-,28+,30+,31+,32-,33+,34-,36+,38-,39-/m1/s1. The second-order valence-corrected chi connectivity index (χ2v) is 18.2. The number of methoxy groups -OCH3 is 1. The van der Waals surface area contributed by atoms with Crippen molar-refractivity contribution in [3.05, 3.63) is 0 Å². The van der Waals surface area contributed by atoms with Gasteiger partial charge in [-0.3, -0.25) is 9.59 Å². The summed E-state index contributed by atoms with van der Waals surface area (Å²) in [6, 6.07) is 0.0902. The zero-order chi connectivity index (χ0) is 40.3. The molecule has 0 aliphatic carbocycles. The molecule has 0 bridgehead atoms. The molecule has 4 fully saturated rings. The van der Waals surface area contributed by atoms with Gasteiger partial charge in [-0.2, -0.15) is 11.8 Å². The maximum absolute atomic E-state index is 14.3. The van der Waals surface area contributed by atoms with E-state index in [2.05, 4.69) is 5.32 Å². The maximum Gasteiger partial charge on any atom is 0.288 e. The lowest BCUT2D eigenvalue weighted by Crippen LogP contribution is -2.60. The van der Waals surface area contributed by atoms with E-state index in [-0.39, 0.29) is 61.2 Å². The van der Waals surface area contributed by atoms with Crippen molar-refractivity contribution in [3.8, 4) is 0 Å². The lowest BCUT2D eigenvalue weighted by molar-refractivity contribution is -0.313. The van der Waals surface area contributed by atoms with E-state index in [4.69, 9.17) is 33.4 Å². The minimum absolute atomic E-state index is 0.0174. The van der Waals surface area contributed by atoms with Crippen molar-refractivity contribution in [1.29, 1.82) is 0 Å². The molecule has 4 aliphatic heterocycles. The number of ether oxygens (including phenoxy) is 6. The van der Waals surface area contributed by atoms with Gasteiger partial charge in [-0.05, 0) is 78.7 Å². The Morgan fingerprint density at radius 1 is 1.07 bits per heavy atom. The van der Waals surface area contributed by atoms with Crippen LogP contribution in [-0.4, -0.2) is 156 Å². The molecule has 0 aromatic heterocycles. The number of hydrogen-bond acceptors (Lipinski definition) is 12. The van der Waals surface area contributed by atoms with Gasteiger partial charge in [-0.15, -0.1) is 0 Å². The van der Waals surface area contributed by atoms with Crippen LogP contribution in [0.1, 0.15) is 94.4 Å². The molecule has 14 nitrogen and oxygen atoms in total. The molecule has 0 saturated carbocycles. The number of carbonyl (C=O) groups is 2. The van der Waals surface area contributed by atoms with E-state index in [0.717, 1.165) is 5.75 Å². The van der Waals surface area contributed by atoms with E-state index < -0.39 is 66.1 Å². The highest BCUT2D eigenvalue weighted by atomic mass is 32.2. The van der Waals surface area contributed by atoms with Gasteiger partial charge in [-0.25, -0.2) is 4.99 Å². The summed E-state index contributed by atoms with van der Waals surface area (Å²) in [6.45, 7) is 17.5. The number of hydrogen-bond donors (Lipinski definition) is 3. The number of aliphatic hydroxyl groups excluding tert-OH is 1. The van der Waals surface area contributed by atoms with Crippen molar-refractivity contribution in [1.82, 2.24) is 15.1 Å². The van der Waals surface area contributed by atoms with Crippen LogP contribution in [0.4, 0.5) is 0 Å². The van der Waals surface area contributed by atoms with Crippen molar-refractivity contribution in [3.63, 3.8) is 0 Å². The zero-order valence-electron chi connectivity index (χ0n) is 34.9. The van der Waals surface area contributed by atoms with E-state index in [0.29, 0.717) is 25.4 Å². The molecule has 4 rings (SSSR count). The van der Waals surface area contributed by atoms with Gasteiger partial charge in [0.2, 0.25) is 11.8 Å². The third-order valence-corrected chi connectivity index (χ3v) is 12.4. The van der Waals surface area contributed by atoms with Gasteiger partial charge in [0, 0.05) is 58.6 Å². The van der Waals surface area contributed by atoms with Crippen LogP contribution in [0.15, 0.2) is 4.99 Å². The van der Waals surface area contributed by atoms with Gasteiger partial charge in [0.15, 0.2) is 18.7 Å². The molecule has 4 saturated heterocycles. The van der Waals surface area contributed by atoms with Crippen LogP contribution in [0.5, 0.6) is 0 Å². The number of fused-ring (bicyclic) bond motifs is 1. The second-order valence-electron chi connectivity index (χ2n) is 17.2. The molecular formula is C39H70N4O10S. The normalized spacial score (nSPS) is 43.9. The minimum atomic E-state index is -1.48. The number of amidine groups is 1. The van der Waals surface area contributed by atoms with Crippen molar-refractivity contribution in [2.24, 2.45) is 22.7 Å². The average molecular weight is 787 g/mol. The highest BCUT2D eigenvalue weighted by molar-refractivity contribution is 7.98. The number of nitrogens with one attached hydrogen (secondary N) is 1. The summed E-state index contributed by atoms with van der Waals surface area (Å²) in [6.07, 6.45) is -1.76. The first kappa shape index (κ1) is 45.0. The van der Waals surface area contributed by atoms with Crippen molar-refractivity contribution < 1.29 is 48.2 Å². The fraction of sp³-hybridized carbons (Fsp3) is 0.923. The molecule has 4 aliphatic rings. The molecule has 15 heteroatoms. The molecule has 15 atom stereocenters. The van der Waals surface area contributed by atoms with Crippen molar-refractivity contribution >= 4 is 29.6 Å². The molecule has 54 heavy (non-hydrogen) atoms. The van der Waals surface area contributed by atoms with E-state index in [1.165, 1.54) is 0 Å². The number of aliphatic hydroxyl groups is 2. The molecule has 0 radical (unpaired) electrons. The topological polar surface area (TPSA) is 161 Å². The van der Waals surface area contributed by atoms with Crippen LogP contribution in [0, 0.1) is 17.8 Å². The molecule has 3 N–H and O–H groups in total. The summed E-state index contributed by atoms with van der Waals surface area (Å²) in [7, 11) is 5.28. The smallest absolute Gasteiger partial charge is 0.288 e. The van der Waals surface area contributed by atoms with Gasteiger partial charge >= 0.3 is 0 Å². The highest BCUT2D eigenvalue weighted by Gasteiger charge is 2.54. The number of amides is 2. The monoisotopic (exact) mass is 786 g/mol. The highest BCUT2D eigenvalue weighted by Crippen LogP contribution is 2.40. The fourth-order valence-corrected chi connectivity index (χ4v) is 9.26. The summed E-state index contributed by atoms with van der Waals surface area (Å²) in [5.41, 5.74) is -2.45. The third-order valence-electron chi connectivity index (χ3n) is 11.8. The predicted molar refractivity (Wildman–Crippen MR) is 208 cm³/mol. The molecular weight excluding hydrogens is 717 g/mol. The lowest BCUT2D eigenvalue weighted by Gasteiger charge is -2.48. The first-order chi connectivity index (χ1) is 25.2. The van der Waals surface area contributed by atoms with E-state index >= 15 is 0 Å². The Hall–Kier alpha value is -1.72. The number of aliphatic imine (C=N–C) groups is 1. The fourth-order valence-electron chi connectivity index (χ4n) is 8.74. The number of likely N-dealkylation sites (N-methyl/N-ethyl adjacent to an activating group) is 1. The van der Waals surface area contributed by atoms with Crippen LogP contribution in [-0.2, 0) is 38.0 Å². The van der Waals surface area contributed by atoms with Gasteiger partial charge < -0.3 is 53.8 Å². The summed E-state index contributed by atoms with van der Waals surface area (Å²) < 4.78 is 38.8. The lowest BCUT2D eigenvalue weighted by atomic mass is 9.77. The summed E-state index contributed by atoms with van der Waals surface area (Å²) in [4.78, 5) is 36.3. The predicted octanol–water partition coefficient (Wildman–Crippen LogP) is 3.41. The van der Waals surface area contributed by atoms with E-state index in [1.54, 1.807) is 51.6 Å². The third kappa shape index (κ3) is 10.6. The van der Waals surface area contributed by atoms with Crippen molar-refractivity contribution in [2.75, 3.05) is 39.8 Å². The van der Waals surface area contributed by atoms with Gasteiger partial charge in [0.05, 0.1) is 47.6 Å². The minimum Gasteiger partial charge on any atom is -0.454 e. The van der Waals surface area contributed by atoms with Crippen LogP contribution < -0.4 is 5.32 Å². The molecule has 4 heterocycles. The molecule has 2 amide bonds. The van der Waals surface area contributed by atoms with Crippen LogP contribution in [0.2, 0.25) is 0 Å². The number of nitrogens with zero attached hydrogens (tertiary/aromatic N) is 3. The number of thioether (sulfide) groups is 1. The Kier molecular flexibility index (Phi) is 15.6. The summed E-state index contributed by atoms with van der Waals surface area (Å²) in [5.74, 6) is -1.09. The molecule has 0 unspecified atom stereocenters. The largest absolute Gasteiger partial charge is 0.454 e. The summed E-state index contributed by atoms with van der Waals surface area (Å²) >= 11 is 1.66. The SMILES string of the molecule is CO[C@]1(C)C[C@H](O[C@H]2[C@H](C)[C@@H](O[C@@H]3O[C@H](C)C[C@H]4[C@H]3O/C(=N/C(C)C)N4C)[C@](C)(O)C[C@@H](C)CN(C)C(=O)C[C@@H](CCSC)NC(=O)[C@@H]2C)O[C@@H](C)[C@@H]1O. The zero-order valence-corrected chi connectivity index (χ0v) is 35.8. The molecule has 312 valence electrons. The first-order valence-electron chi connectivity index (χ1n) is 19.8. The molecule has 0 aromatic rings. The molecule has 0 spiro atoms. The van der Waals surface area contributed by atoms with E-state index in [1.807, 2.05) is 59.7 Å². The van der Waals surface area contributed by atoms with Crippen LogP contribution >= 0.6 is 11.8 Å². The van der Waals surface area contributed by atoms with Gasteiger partial charge in [-0.1, -0.05) is 20.8 Å². The first-order valence-corrected chi connectivity index (χ1v) is 21.2. The Labute approximate surface area is 327 Å². The van der Waals surface area contributed by atoms with Crippen LogP contribution in [0.25, 0.3) is 0 Å². The van der Waals surface area contributed by atoms with Crippen LogP contribution in [0.3, 0.4) is 0 Å². The van der Waals surface area contributed by atoms with E-state index in [9.17, 15) is 19.8 Å². The Morgan fingerprint density at radius 3 is 2.39 bits per heavy atom. The van der Waals surface area contributed by atoms with Gasteiger partial charge in [0.1, 0.15) is 6.10 Å². The number of carbonyl (C=O) groups excluding carboxylic acids is 2. The Balaban J connectivity index is 1.78. The molecule has 0 aromatic carbocycles. The van der Waals surface area contributed by atoms with Gasteiger partial charge in [0.25, 0.3) is 6.02 Å². The Bertz CT molecular complexity index is 1290. The summed E-state index contributed by atoms with van der Waals surface area (Å²) in [5, 5.41) is 26.8. The Morgan fingerprint density at radius 2 is 1.76 bits per heavy atom. The van der Waals surface area contributed by atoms with Crippen molar-refractivity contribution in [2.45, 2.75) is 173 Å².